The lowest BCUT2D eigenvalue weighted by Gasteiger charge is -2.09. The molecule has 1 aromatic heterocycles. The monoisotopic (exact) mass is 408 g/mol. The van der Waals surface area contributed by atoms with E-state index >= 15 is 0 Å². The fourth-order valence-corrected chi connectivity index (χ4v) is 2.83. The highest BCUT2D eigenvalue weighted by Gasteiger charge is 2.10. The average Bonchev–Trinajstić information content (AvgIpc) is 2.50. The maximum Gasteiger partial charge on any atom is 0.255 e. The highest BCUT2D eigenvalue weighted by atomic mass is 127. The van der Waals surface area contributed by atoms with Crippen LogP contribution in [0.3, 0.4) is 0 Å². The summed E-state index contributed by atoms with van der Waals surface area (Å²) < 4.78 is 1.02. The first kappa shape index (κ1) is 14.3. The van der Waals surface area contributed by atoms with Gasteiger partial charge < -0.3 is 5.32 Å². The highest BCUT2D eigenvalue weighted by Crippen LogP contribution is 2.28. The summed E-state index contributed by atoms with van der Waals surface area (Å²) in [5.74, 6) is -0.152. The molecule has 104 valence electrons. The SMILES string of the molecule is O=C(Nc1ccc(Cl)c2ncccc12)c1cccc(I)c1. The Morgan fingerprint density at radius 1 is 1.14 bits per heavy atom. The largest absolute Gasteiger partial charge is 0.321 e. The van der Waals surface area contributed by atoms with Crippen molar-refractivity contribution in [3.8, 4) is 0 Å². The molecule has 3 aromatic rings. The Bertz CT molecular complexity index is 835. The smallest absolute Gasteiger partial charge is 0.255 e. The molecule has 0 radical (unpaired) electrons. The number of nitrogens with one attached hydrogen (secondary N) is 1. The number of anilines is 1. The van der Waals surface area contributed by atoms with Crippen molar-refractivity contribution in [2.45, 2.75) is 0 Å². The van der Waals surface area contributed by atoms with E-state index in [-0.39, 0.29) is 5.91 Å². The van der Waals surface area contributed by atoms with Gasteiger partial charge in [-0.05, 0) is 65.1 Å². The Morgan fingerprint density at radius 3 is 2.81 bits per heavy atom. The molecule has 0 aliphatic rings. The third-order valence-corrected chi connectivity index (χ3v) is 4.03. The summed E-state index contributed by atoms with van der Waals surface area (Å²) in [6.07, 6.45) is 1.68. The van der Waals surface area contributed by atoms with Gasteiger partial charge in [-0.15, -0.1) is 0 Å². The number of hydrogen-bond donors (Lipinski definition) is 1. The minimum Gasteiger partial charge on any atom is -0.321 e. The molecule has 5 heteroatoms. The summed E-state index contributed by atoms with van der Waals surface area (Å²) >= 11 is 8.31. The van der Waals surface area contributed by atoms with Crippen molar-refractivity contribution in [1.29, 1.82) is 0 Å². The van der Waals surface area contributed by atoms with Crippen molar-refractivity contribution in [2.75, 3.05) is 5.32 Å². The van der Waals surface area contributed by atoms with E-state index in [0.717, 1.165) is 8.96 Å². The molecule has 0 aliphatic heterocycles. The molecule has 0 fully saturated rings. The normalized spacial score (nSPS) is 10.6. The zero-order valence-electron chi connectivity index (χ0n) is 10.8. The predicted molar refractivity (Wildman–Crippen MR) is 93.9 cm³/mol. The molecule has 0 bridgehead atoms. The van der Waals surface area contributed by atoms with Crippen LogP contribution < -0.4 is 5.32 Å². The fraction of sp³-hybridized carbons (Fsp3) is 0. The van der Waals surface area contributed by atoms with Crippen molar-refractivity contribution in [3.05, 3.63) is 68.9 Å². The minimum atomic E-state index is -0.152. The number of nitrogens with zero attached hydrogens (tertiary/aromatic N) is 1. The van der Waals surface area contributed by atoms with Crippen LogP contribution in [-0.2, 0) is 0 Å². The van der Waals surface area contributed by atoms with Crippen LogP contribution in [0.25, 0.3) is 10.9 Å². The molecule has 3 rings (SSSR count). The lowest BCUT2D eigenvalue weighted by Crippen LogP contribution is -2.12. The van der Waals surface area contributed by atoms with Crippen LogP contribution in [-0.4, -0.2) is 10.9 Å². The Balaban J connectivity index is 1.99. The van der Waals surface area contributed by atoms with E-state index in [9.17, 15) is 4.79 Å². The van der Waals surface area contributed by atoms with E-state index in [1.54, 1.807) is 24.4 Å². The number of carbonyl (C=O) groups excluding carboxylic acids is 1. The van der Waals surface area contributed by atoms with E-state index < -0.39 is 0 Å². The van der Waals surface area contributed by atoms with Crippen molar-refractivity contribution in [1.82, 2.24) is 4.98 Å². The zero-order valence-corrected chi connectivity index (χ0v) is 13.7. The number of pyridine rings is 1. The van der Waals surface area contributed by atoms with Crippen molar-refractivity contribution in [3.63, 3.8) is 0 Å². The number of hydrogen-bond acceptors (Lipinski definition) is 2. The van der Waals surface area contributed by atoms with Gasteiger partial charge in [0.05, 0.1) is 16.2 Å². The minimum absolute atomic E-state index is 0.152. The van der Waals surface area contributed by atoms with Crippen molar-refractivity contribution >= 4 is 56.7 Å². The predicted octanol–water partition coefficient (Wildman–Crippen LogP) is 4.75. The second-order valence-corrected chi connectivity index (χ2v) is 6.11. The molecule has 1 heterocycles. The molecule has 21 heavy (non-hydrogen) atoms. The quantitative estimate of drug-likeness (QED) is 0.622. The fourth-order valence-electron chi connectivity index (χ4n) is 2.07. The summed E-state index contributed by atoms with van der Waals surface area (Å²) in [6, 6.07) is 14.7. The standard InChI is InChI=1S/C16H10ClIN2O/c17-13-6-7-14(12-5-2-8-19-15(12)13)20-16(21)10-3-1-4-11(18)9-10/h1-9H,(H,20,21). The topological polar surface area (TPSA) is 42.0 Å². The number of fused-ring (bicyclic) bond motifs is 1. The van der Waals surface area contributed by atoms with Crippen LogP contribution in [0.5, 0.6) is 0 Å². The molecule has 0 atom stereocenters. The summed E-state index contributed by atoms with van der Waals surface area (Å²) in [5, 5.41) is 4.31. The van der Waals surface area contributed by atoms with E-state index in [0.29, 0.717) is 21.8 Å². The van der Waals surface area contributed by atoms with Gasteiger partial charge in [0.15, 0.2) is 0 Å². The second kappa shape index (κ2) is 5.99. The average molecular weight is 409 g/mol. The summed E-state index contributed by atoms with van der Waals surface area (Å²) in [4.78, 5) is 16.6. The van der Waals surface area contributed by atoms with E-state index in [4.69, 9.17) is 11.6 Å². The van der Waals surface area contributed by atoms with Crippen LogP contribution >= 0.6 is 34.2 Å². The summed E-state index contributed by atoms with van der Waals surface area (Å²) in [6.45, 7) is 0. The molecular weight excluding hydrogens is 399 g/mol. The maximum absolute atomic E-state index is 12.3. The van der Waals surface area contributed by atoms with Crippen molar-refractivity contribution < 1.29 is 4.79 Å². The van der Waals surface area contributed by atoms with Gasteiger partial charge in [0, 0.05) is 20.7 Å². The molecule has 2 aromatic carbocycles. The number of carbonyl (C=O) groups is 1. The Hall–Kier alpha value is -1.66. The Morgan fingerprint density at radius 2 is 2.00 bits per heavy atom. The first-order valence-electron chi connectivity index (χ1n) is 6.25. The van der Waals surface area contributed by atoms with Crippen LogP contribution in [0.4, 0.5) is 5.69 Å². The highest BCUT2D eigenvalue weighted by molar-refractivity contribution is 14.1. The molecule has 3 nitrogen and oxygen atoms in total. The number of rotatable bonds is 2. The van der Waals surface area contributed by atoms with Gasteiger partial charge >= 0.3 is 0 Å². The number of halogens is 2. The third-order valence-electron chi connectivity index (χ3n) is 3.06. The second-order valence-electron chi connectivity index (χ2n) is 4.46. The maximum atomic E-state index is 12.3. The lowest BCUT2D eigenvalue weighted by atomic mass is 10.1. The third kappa shape index (κ3) is 3.01. The van der Waals surface area contributed by atoms with E-state index in [2.05, 4.69) is 32.9 Å². The van der Waals surface area contributed by atoms with Crippen LogP contribution in [0.15, 0.2) is 54.7 Å². The van der Waals surface area contributed by atoms with Crippen LogP contribution in [0, 0.1) is 3.57 Å². The summed E-state index contributed by atoms with van der Waals surface area (Å²) in [5.41, 5.74) is 2.00. The van der Waals surface area contributed by atoms with Gasteiger partial charge in [-0.1, -0.05) is 17.7 Å². The van der Waals surface area contributed by atoms with Gasteiger partial charge in [-0.2, -0.15) is 0 Å². The van der Waals surface area contributed by atoms with Gasteiger partial charge in [0.1, 0.15) is 0 Å². The van der Waals surface area contributed by atoms with E-state index in [1.807, 2.05) is 30.3 Å². The zero-order chi connectivity index (χ0) is 14.8. The number of amides is 1. The van der Waals surface area contributed by atoms with Gasteiger partial charge in [0.2, 0.25) is 0 Å². The lowest BCUT2D eigenvalue weighted by molar-refractivity contribution is 0.102. The van der Waals surface area contributed by atoms with Gasteiger partial charge in [-0.3, -0.25) is 9.78 Å². The molecule has 0 unspecified atom stereocenters. The molecule has 0 saturated heterocycles. The van der Waals surface area contributed by atoms with Gasteiger partial charge in [-0.25, -0.2) is 0 Å². The van der Waals surface area contributed by atoms with E-state index in [1.165, 1.54) is 0 Å². The Labute approximate surface area is 140 Å². The van der Waals surface area contributed by atoms with Crippen molar-refractivity contribution in [2.24, 2.45) is 0 Å². The number of benzene rings is 2. The molecule has 0 aliphatic carbocycles. The molecular formula is C16H10ClIN2O. The molecule has 0 spiro atoms. The first-order chi connectivity index (χ1) is 10.1. The number of aromatic nitrogens is 1. The van der Waals surface area contributed by atoms with Crippen LogP contribution in [0.2, 0.25) is 5.02 Å². The summed E-state index contributed by atoms with van der Waals surface area (Å²) in [7, 11) is 0. The van der Waals surface area contributed by atoms with Gasteiger partial charge in [0.25, 0.3) is 5.91 Å². The van der Waals surface area contributed by atoms with Crippen LogP contribution in [0.1, 0.15) is 10.4 Å². The first-order valence-corrected chi connectivity index (χ1v) is 7.71. The molecule has 1 N–H and O–H groups in total. The molecule has 0 saturated carbocycles. The molecule has 1 amide bonds. The Kier molecular flexibility index (Phi) is 4.07.